The van der Waals surface area contributed by atoms with E-state index in [2.05, 4.69) is 5.32 Å². The Morgan fingerprint density at radius 2 is 1.62 bits per heavy atom. The van der Waals surface area contributed by atoms with Gasteiger partial charge in [0, 0.05) is 17.3 Å². The smallest absolute Gasteiger partial charge is 0.118 e. The summed E-state index contributed by atoms with van der Waals surface area (Å²) in [6.07, 6.45) is 8.49. The van der Waals surface area contributed by atoms with Gasteiger partial charge in [-0.05, 0) is 48.7 Å². The van der Waals surface area contributed by atoms with Crippen LogP contribution in [-0.4, -0.2) is 13.7 Å². The zero-order chi connectivity index (χ0) is 17.0. The molecule has 0 radical (unpaired) electrons. The molecule has 0 aliphatic heterocycles. The minimum atomic E-state index is 0.804. The summed E-state index contributed by atoms with van der Waals surface area (Å²) in [6.45, 7) is 1.09. The Morgan fingerprint density at radius 3 is 2.21 bits per heavy atom. The first kappa shape index (κ1) is 18.7. The summed E-state index contributed by atoms with van der Waals surface area (Å²) < 4.78 is 4.91. The number of nitrogens with one attached hydrogen (secondary N) is 1. The maximum Gasteiger partial charge on any atom is 0.118 e. The van der Waals surface area contributed by atoms with Gasteiger partial charge in [0.25, 0.3) is 0 Å². The van der Waals surface area contributed by atoms with Gasteiger partial charge in [0.05, 0.1) is 7.11 Å². The monoisotopic (exact) mass is 345 g/mol. The van der Waals surface area contributed by atoms with Crippen LogP contribution in [0, 0.1) is 5.92 Å². The molecular formula is C21H28ClNO. The highest BCUT2D eigenvalue weighted by atomic mass is 35.5. The minimum absolute atomic E-state index is 0.804. The van der Waals surface area contributed by atoms with Crippen molar-refractivity contribution >= 4 is 17.3 Å². The molecule has 3 heteroatoms. The number of hydrogen-bond acceptors (Lipinski definition) is 2. The van der Waals surface area contributed by atoms with Crippen LogP contribution < -0.4 is 10.1 Å². The molecule has 3 rings (SSSR count). The summed E-state index contributed by atoms with van der Waals surface area (Å²) in [7, 11) is 1.66. The van der Waals surface area contributed by atoms with E-state index in [4.69, 9.17) is 16.3 Å². The zero-order valence-electron chi connectivity index (χ0n) is 14.5. The van der Waals surface area contributed by atoms with E-state index in [0.29, 0.717) is 0 Å². The van der Waals surface area contributed by atoms with Gasteiger partial charge in [-0.3, -0.25) is 0 Å². The van der Waals surface area contributed by atoms with Crippen LogP contribution in [0.2, 0.25) is 5.02 Å². The summed E-state index contributed by atoms with van der Waals surface area (Å²) in [4.78, 5) is 0. The predicted octanol–water partition coefficient (Wildman–Crippen LogP) is 6.42. The van der Waals surface area contributed by atoms with E-state index in [1.54, 1.807) is 7.11 Å². The molecule has 0 spiro atoms. The van der Waals surface area contributed by atoms with Gasteiger partial charge in [-0.25, -0.2) is 0 Å². The first-order valence-corrected chi connectivity index (χ1v) is 9.24. The van der Waals surface area contributed by atoms with Gasteiger partial charge in [-0.1, -0.05) is 61.9 Å². The van der Waals surface area contributed by atoms with E-state index in [1.165, 1.54) is 44.2 Å². The van der Waals surface area contributed by atoms with Crippen molar-refractivity contribution < 1.29 is 4.74 Å². The van der Waals surface area contributed by atoms with Crippen molar-refractivity contribution in [2.45, 2.75) is 38.5 Å². The Balaban J connectivity index is 0.000000219. The lowest BCUT2D eigenvalue weighted by Gasteiger charge is -2.21. The lowest BCUT2D eigenvalue weighted by molar-refractivity contribution is 0.345. The molecule has 0 saturated heterocycles. The third kappa shape index (κ3) is 7.27. The number of halogens is 1. The van der Waals surface area contributed by atoms with Gasteiger partial charge in [0.2, 0.25) is 0 Å². The average Bonchev–Trinajstić information content (AvgIpc) is 2.65. The molecule has 1 aliphatic carbocycles. The number of benzene rings is 2. The van der Waals surface area contributed by atoms with Crippen LogP contribution in [0.3, 0.4) is 0 Å². The first-order chi connectivity index (χ1) is 11.8. The third-order valence-corrected chi connectivity index (χ3v) is 4.68. The molecule has 0 atom stereocenters. The van der Waals surface area contributed by atoms with Gasteiger partial charge >= 0.3 is 0 Å². The second-order valence-electron chi connectivity index (χ2n) is 6.24. The van der Waals surface area contributed by atoms with E-state index in [0.717, 1.165) is 23.2 Å². The quantitative estimate of drug-likeness (QED) is 0.675. The molecule has 0 amide bonds. The number of hydrogen-bond donors (Lipinski definition) is 1. The van der Waals surface area contributed by atoms with Crippen molar-refractivity contribution in [3.8, 4) is 5.75 Å². The van der Waals surface area contributed by atoms with E-state index < -0.39 is 0 Å². The van der Waals surface area contributed by atoms with Crippen molar-refractivity contribution in [2.75, 3.05) is 19.0 Å². The lowest BCUT2D eigenvalue weighted by Crippen LogP contribution is -2.12. The fourth-order valence-corrected chi connectivity index (χ4v) is 3.15. The van der Waals surface area contributed by atoms with Crippen molar-refractivity contribution in [1.29, 1.82) is 0 Å². The molecular weight excluding hydrogens is 318 g/mol. The molecule has 0 aromatic heterocycles. The molecule has 2 aromatic carbocycles. The lowest BCUT2D eigenvalue weighted by atomic mass is 9.87. The number of para-hydroxylation sites is 1. The highest BCUT2D eigenvalue weighted by Crippen LogP contribution is 2.26. The number of rotatable bonds is 5. The summed E-state index contributed by atoms with van der Waals surface area (Å²) in [6, 6.07) is 17.6. The maximum atomic E-state index is 5.84. The van der Waals surface area contributed by atoms with E-state index in [-0.39, 0.29) is 0 Å². The van der Waals surface area contributed by atoms with E-state index in [1.807, 2.05) is 54.6 Å². The van der Waals surface area contributed by atoms with Crippen LogP contribution in [-0.2, 0) is 0 Å². The topological polar surface area (TPSA) is 21.3 Å². The molecule has 24 heavy (non-hydrogen) atoms. The Bertz CT molecular complexity index is 550. The van der Waals surface area contributed by atoms with Crippen LogP contribution in [0.15, 0.2) is 54.6 Å². The molecule has 2 aromatic rings. The Labute approximate surface area is 151 Å². The largest absolute Gasteiger partial charge is 0.497 e. The highest BCUT2D eigenvalue weighted by molar-refractivity contribution is 6.30. The SMILES string of the molecule is COc1ccccc1.Clc1ccc(NCCC2CCCCC2)cc1. The molecule has 1 N–H and O–H groups in total. The standard InChI is InChI=1S/C14H20ClN.C7H8O/c15-13-6-8-14(9-7-13)16-11-10-12-4-2-1-3-5-12;1-8-7-5-3-2-4-6-7/h6-9,12,16H,1-5,10-11H2;2-6H,1H3. The van der Waals surface area contributed by atoms with E-state index in [9.17, 15) is 0 Å². The maximum absolute atomic E-state index is 5.84. The van der Waals surface area contributed by atoms with Crippen LogP contribution in [0.4, 0.5) is 5.69 Å². The molecule has 2 nitrogen and oxygen atoms in total. The molecule has 1 saturated carbocycles. The first-order valence-electron chi connectivity index (χ1n) is 8.86. The number of methoxy groups -OCH3 is 1. The number of anilines is 1. The zero-order valence-corrected chi connectivity index (χ0v) is 15.3. The van der Waals surface area contributed by atoms with Gasteiger partial charge in [0.15, 0.2) is 0 Å². The van der Waals surface area contributed by atoms with Crippen molar-refractivity contribution in [1.82, 2.24) is 0 Å². The van der Waals surface area contributed by atoms with Gasteiger partial charge in [-0.15, -0.1) is 0 Å². The van der Waals surface area contributed by atoms with Crippen LogP contribution in [0.25, 0.3) is 0 Å². The average molecular weight is 346 g/mol. The molecule has 130 valence electrons. The van der Waals surface area contributed by atoms with Crippen LogP contribution in [0.1, 0.15) is 38.5 Å². The predicted molar refractivity (Wildman–Crippen MR) is 104 cm³/mol. The fourth-order valence-electron chi connectivity index (χ4n) is 3.02. The summed E-state index contributed by atoms with van der Waals surface area (Å²) in [5, 5.41) is 4.26. The summed E-state index contributed by atoms with van der Waals surface area (Å²) >= 11 is 5.84. The molecule has 1 aliphatic rings. The van der Waals surface area contributed by atoms with Gasteiger partial charge < -0.3 is 10.1 Å². The third-order valence-electron chi connectivity index (χ3n) is 4.43. The summed E-state index contributed by atoms with van der Waals surface area (Å²) in [5.74, 6) is 1.86. The summed E-state index contributed by atoms with van der Waals surface area (Å²) in [5.41, 5.74) is 1.18. The highest BCUT2D eigenvalue weighted by Gasteiger charge is 2.12. The van der Waals surface area contributed by atoms with Crippen molar-refractivity contribution in [2.24, 2.45) is 5.92 Å². The molecule has 0 unspecified atom stereocenters. The van der Waals surface area contributed by atoms with Gasteiger partial charge in [0.1, 0.15) is 5.75 Å². The molecule has 0 bridgehead atoms. The fraction of sp³-hybridized carbons (Fsp3) is 0.429. The second-order valence-corrected chi connectivity index (χ2v) is 6.68. The number of ether oxygens (including phenoxy) is 1. The van der Waals surface area contributed by atoms with Crippen LogP contribution in [0.5, 0.6) is 5.75 Å². The van der Waals surface area contributed by atoms with Crippen LogP contribution >= 0.6 is 11.6 Å². The Kier molecular flexibility index (Phi) is 8.54. The second kappa shape index (κ2) is 11.0. The molecule has 0 heterocycles. The van der Waals surface area contributed by atoms with Crippen molar-refractivity contribution in [3.05, 3.63) is 59.6 Å². The molecule has 1 fully saturated rings. The van der Waals surface area contributed by atoms with Gasteiger partial charge in [-0.2, -0.15) is 0 Å². The van der Waals surface area contributed by atoms with Crippen molar-refractivity contribution in [3.63, 3.8) is 0 Å². The minimum Gasteiger partial charge on any atom is -0.497 e. The van der Waals surface area contributed by atoms with E-state index >= 15 is 0 Å². The Morgan fingerprint density at radius 1 is 0.958 bits per heavy atom. The Hall–Kier alpha value is -1.67. The normalized spacial score (nSPS) is 14.4.